The molecule has 0 bridgehead atoms. The molecule has 1 aliphatic heterocycles. The summed E-state index contributed by atoms with van der Waals surface area (Å²) in [6, 6.07) is 12.2. The molecule has 0 atom stereocenters. The molecule has 0 unspecified atom stereocenters. The summed E-state index contributed by atoms with van der Waals surface area (Å²) < 4.78 is 1.59. The zero-order valence-corrected chi connectivity index (χ0v) is 13.5. The van der Waals surface area contributed by atoms with Crippen molar-refractivity contribution in [2.45, 2.75) is 13.0 Å². The number of aromatic nitrogens is 2. The third kappa shape index (κ3) is 2.73. The first kappa shape index (κ1) is 15.3. The summed E-state index contributed by atoms with van der Waals surface area (Å²) in [5.74, 6) is 0. The predicted octanol–water partition coefficient (Wildman–Crippen LogP) is 2.37. The van der Waals surface area contributed by atoms with E-state index in [4.69, 9.17) is 0 Å². The molecule has 0 saturated heterocycles. The summed E-state index contributed by atoms with van der Waals surface area (Å²) in [6.45, 7) is 1.89. The van der Waals surface area contributed by atoms with Crippen molar-refractivity contribution in [3.63, 3.8) is 0 Å². The van der Waals surface area contributed by atoms with E-state index in [0.717, 1.165) is 24.2 Å². The number of nitro benzene ring substituents is 1. The number of para-hydroxylation sites is 1. The van der Waals surface area contributed by atoms with Gasteiger partial charge in [0.15, 0.2) is 0 Å². The number of non-ortho nitro benzene ring substituents is 1. The summed E-state index contributed by atoms with van der Waals surface area (Å²) in [5, 5.41) is 11.6. The Hall–Kier alpha value is -3.22. The van der Waals surface area contributed by atoms with Crippen molar-refractivity contribution < 1.29 is 4.92 Å². The third-order valence-corrected chi connectivity index (χ3v) is 4.61. The average molecular weight is 336 g/mol. The lowest BCUT2D eigenvalue weighted by molar-refractivity contribution is -0.384. The van der Waals surface area contributed by atoms with E-state index >= 15 is 0 Å². The smallest absolute Gasteiger partial charge is 0.271 e. The highest BCUT2D eigenvalue weighted by molar-refractivity contribution is 5.76. The van der Waals surface area contributed by atoms with Gasteiger partial charge in [-0.3, -0.25) is 19.5 Å². The highest BCUT2D eigenvalue weighted by Gasteiger charge is 2.21. The quantitative estimate of drug-likeness (QED) is 0.540. The first-order valence-corrected chi connectivity index (χ1v) is 8.10. The molecule has 1 aromatic heterocycles. The molecule has 1 aliphatic rings. The number of hydrogen-bond acceptors (Lipinski definition) is 5. The zero-order valence-electron chi connectivity index (χ0n) is 13.5. The maximum absolute atomic E-state index is 12.5. The van der Waals surface area contributed by atoms with E-state index in [1.807, 2.05) is 24.3 Å². The van der Waals surface area contributed by atoms with Crippen LogP contribution in [0.15, 0.2) is 53.6 Å². The van der Waals surface area contributed by atoms with Gasteiger partial charge in [0.05, 0.1) is 22.2 Å². The molecule has 4 rings (SSSR count). The fourth-order valence-corrected chi connectivity index (χ4v) is 3.27. The Morgan fingerprint density at radius 2 is 2.00 bits per heavy atom. The highest BCUT2D eigenvalue weighted by Crippen LogP contribution is 2.31. The second-order valence-electron chi connectivity index (χ2n) is 6.07. The molecule has 7 heteroatoms. The van der Waals surface area contributed by atoms with Gasteiger partial charge in [0, 0.05) is 37.5 Å². The molecule has 3 aromatic rings. The summed E-state index contributed by atoms with van der Waals surface area (Å²) in [7, 11) is 0. The molecule has 0 N–H and O–H groups in total. The average Bonchev–Trinajstić information content (AvgIpc) is 3.03. The van der Waals surface area contributed by atoms with Crippen molar-refractivity contribution in [1.29, 1.82) is 0 Å². The molecular weight excluding hydrogens is 320 g/mol. The van der Waals surface area contributed by atoms with E-state index < -0.39 is 0 Å². The molecule has 2 aromatic carbocycles. The molecule has 2 heterocycles. The largest absolute Gasteiger partial charge is 0.369 e. The number of nitrogens with zero attached hydrogens (tertiary/aromatic N) is 4. The van der Waals surface area contributed by atoms with Gasteiger partial charge < -0.3 is 4.90 Å². The predicted molar refractivity (Wildman–Crippen MR) is 95.0 cm³/mol. The number of nitro groups is 1. The van der Waals surface area contributed by atoms with Crippen molar-refractivity contribution in [2.24, 2.45) is 0 Å². The molecule has 0 saturated carbocycles. The van der Waals surface area contributed by atoms with Crippen molar-refractivity contribution in [3.8, 4) is 0 Å². The summed E-state index contributed by atoms with van der Waals surface area (Å²) in [6.07, 6.45) is 2.42. The maximum Gasteiger partial charge on any atom is 0.271 e. The molecule has 0 radical (unpaired) electrons. The van der Waals surface area contributed by atoms with Crippen molar-refractivity contribution in [2.75, 3.05) is 18.0 Å². The maximum atomic E-state index is 12.5. The molecule has 25 heavy (non-hydrogen) atoms. The third-order valence-electron chi connectivity index (χ3n) is 4.61. The van der Waals surface area contributed by atoms with Crippen LogP contribution in [0.4, 0.5) is 11.4 Å². The normalized spacial score (nSPS) is 13.2. The minimum absolute atomic E-state index is 0.0657. The van der Waals surface area contributed by atoms with Crippen LogP contribution in [0.5, 0.6) is 0 Å². The SMILES string of the molecule is O=c1c2ccccc2ncn1CCN1CCc2ccc([N+](=O)[O-])cc21. The summed E-state index contributed by atoms with van der Waals surface area (Å²) in [4.78, 5) is 29.6. The Labute approximate surface area is 143 Å². The molecule has 0 spiro atoms. The number of anilines is 1. The second-order valence-corrected chi connectivity index (χ2v) is 6.07. The Kier molecular flexibility index (Phi) is 3.68. The lowest BCUT2D eigenvalue weighted by atomic mass is 10.1. The molecule has 0 amide bonds. The van der Waals surface area contributed by atoms with E-state index in [9.17, 15) is 14.9 Å². The van der Waals surface area contributed by atoms with Gasteiger partial charge in [-0.15, -0.1) is 0 Å². The number of fused-ring (bicyclic) bond motifs is 2. The lowest BCUT2D eigenvalue weighted by Gasteiger charge is -2.19. The molecular formula is C18H16N4O3. The first-order valence-electron chi connectivity index (χ1n) is 8.10. The van der Waals surface area contributed by atoms with Crippen LogP contribution in [0.3, 0.4) is 0 Å². The van der Waals surface area contributed by atoms with Crippen LogP contribution in [-0.2, 0) is 13.0 Å². The zero-order chi connectivity index (χ0) is 17.4. The van der Waals surface area contributed by atoms with Crippen LogP contribution in [0.1, 0.15) is 5.56 Å². The Morgan fingerprint density at radius 3 is 2.84 bits per heavy atom. The molecule has 0 fully saturated rings. The van der Waals surface area contributed by atoms with Gasteiger partial charge in [-0.25, -0.2) is 4.98 Å². The Morgan fingerprint density at radius 1 is 1.16 bits per heavy atom. The summed E-state index contributed by atoms with van der Waals surface area (Å²) >= 11 is 0. The fraction of sp³-hybridized carbons (Fsp3) is 0.222. The standard InChI is InChI=1S/C18H16N4O3/c23-18-15-3-1-2-4-16(15)19-12-21(18)10-9-20-8-7-13-5-6-14(22(24)25)11-17(13)20/h1-6,11-12H,7-10H2. The van der Waals surface area contributed by atoms with Crippen molar-refractivity contribution in [3.05, 3.63) is 74.8 Å². The number of benzene rings is 2. The monoisotopic (exact) mass is 336 g/mol. The van der Waals surface area contributed by atoms with Crippen LogP contribution in [0, 0.1) is 10.1 Å². The number of hydrogen-bond donors (Lipinski definition) is 0. The van der Waals surface area contributed by atoms with Crippen LogP contribution in [0.25, 0.3) is 10.9 Å². The van der Waals surface area contributed by atoms with Crippen LogP contribution in [-0.4, -0.2) is 27.6 Å². The van der Waals surface area contributed by atoms with Crippen molar-refractivity contribution in [1.82, 2.24) is 9.55 Å². The second kappa shape index (κ2) is 6.01. The Balaban J connectivity index is 1.58. The molecule has 7 nitrogen and oxygen atoms in total. The number of rotatable bonds is 4. The van der Waals surface area contributed by atoms with Gasteiger partial charge in [0.25, 0.3) is 11.2 Å². The van der Waals surface area contributed by atoms with Gasteiger partial charge in [0.1, 0.15) is 0 Å². The van der Waals surface area contributed by atoms with E-state index in [-0.39, 0.29) is 16.2 Å². The van der Waals surface area contributed by atoms with Crippen LogP contribution >= 0.6 is 0 Å². The topological polar surface area (TPSA) is 81.3 Å². The fourth-order valence-electron chi connectivity index (χ4n) is 3.27. The van der Waals surface area contributed by atoms with Gasteiger partial charge in [-0.2, -0.15) is 0 Å². The molecule has 126 valence electrons. The van der Waals surface area contributed by atoms with Gasteiger partial charge in [-0.1, -0.05) is 18.2 Å². The van der Waals surface area contributed by atoms with Gasteiger partial charge in [0.2, 0.25) is 0 Å². The lowest BCUT2D eigenvalue weighted by Crippen LogP contribution is -2.30. The van der Waals surface area contributed by atoms with E-state index in [1.165, 1.54) is 0 Å². The van der Waals surface area contributed by atoms with E-state index in [2.05, 4.69) is 9.88 Å². The van der Waals surface area contributed by atoms with Gasteiger partial charge in [-0.05, 0) is 24.1 Å². The minimum Gasteiger partial charge on any atom is -0.369 e. The Bertz CT molecular complexity index is 1030. The minimum atomic E-state index is -0.380. The van der Waals surface area contributed by atoms with E-state index in [1.54, 1.807) is 29.1 Å². The van der Waals surface area contributed by atoms with E-state index in [0.29, 0.717) is 24.0 Å². The van der Waals surface area contributed by atoms with Crippen molar-refractivity contribution >= 4 is 22.3 Å². The summed E-state index contributed by atoms with van der Waals surface area (Å²) in [5.41, 5.74) is 2.70. The van der Waals surface area contributed by atoms with Gasteiger partial charge >= 0.3 is 0 Å². The van der Waals surface area contributed by atoms with Crippen LogP contribution < -0.4 is 10.5 Å². The molecule has 0 aliphatic carbocycles. The van der Waals surface area contributed by atoms with Crippen LogP contribution in [0.2, 0.25) is 0 Å². The first-order chi connectivity index (χ1) is 12.1. The highest BCUT2D eigenvalue weighted by atomic mass is 16.6.